The van der Waals surface area contributed by atoms with Crippen molar-refractivity contribution in [3.05, 3.63) is 35.8 Å². The van der Waals surface area contributed by atoms with E-state index in [4.69, 9.17) is 4.74 Å². The first kappa shape index (κ1) is 18.4. The molecule has 0 aliphatic carbocycles. The number of urea groups is 1. The number of anilines is 1. The molecule has 1 atom stereocenters. The summed E-state index contributed by atoms with van der Waals surface area (Å²) in [6, 6.07) is 6.09. The van der Waals surface area contributed by atoms with Crippen LogP contribution in [-0.4, -0.2) is 46.5 Å². The topological polar surface area (TPSA) is 59.4 Å². The Balaban J connectivity index is 1.90. The highest BCUT2D eigenvalue weighted by Gasteiger charge is 2.24. The van der Waals surface area contributed by atoms with Crippen molar-refractivity contribution in [3.8, 4) is 11.1 Å². The molecule has 1 saturated heterocycles. The van der Waals surface area contributed by atoms with Crippen LogP contribution in [0.15, 0.2) is 24.3 Å². The van der Waals surface area contributed by atoms with E-state index in [1.54, 1.807) is 28.8 Å². The number of aryl methyl sites for hydroxylation is 2. The fourth-order valence-electron chi connectivity index (χ4n) is 3.25. The van der Waals surface area contributed by atoms with E-state index in [-0.39, 0.29) is 18.0 Å². The van der Waals surface area contributed by atoms with Crippen LogP contribution in [0, 0.1) is 5.82 Å². The standard InChI is InChI=1S/C19H25FN4O2/c1-4-16-17(14-6-8-15(20)9-7-14)18(23(3)22-16)21-19(25)24-10-5-11-26-13(2)12-24/h6-9,13H,4-5,10-12H2,1-3H3,(H,21,25)/t13-/m1/s1. The number of carbonyl (C=O) groups excluding carboxylic acids is 1. The minimum absolute atomic E-state index is 0.0116. The number of hydrogen-bond acceptors (Lipinski definition) is 3. The Morgan fingerprint density at radius 1 is 1.38 bits per heavy atom. The summed E-state index contributed by atoms with van der Waals surface area (Å²) in [5, 5.41) is 7.53. The number of amides is 2. The van der Waals surface area contributed by atoms with Gasteiger partial charge in [-0.15, -0.1) is 0 Å². The third kappa shape index (κ3) is 3.88. The maximum absolute atomic E-state index is 13.3. The molecule has 6 nitrogen and oxygen atoms in total. The summed E-state index contributed by atoms with van der Waals surface area (Å²) in [7, 11) is 1.80. The van der Waals surface area contributed by atoms with Gasteiger partial charge in [0.2, 0.25) is 0 Å². The molecule has 140 valence electrons. The van der Waals surface area contributed by atoms with Gasteiger partial charge in [-0.2, -0.15) is 5.10 Å². The average molecular weight is 360 g/mol. The largest absolute Gasteiger partial charge is 0.377 e. The van der Waals surface area contributed by atoms with Gasteiger partial charge in [-0.1, -0.05) is 19.1 Å². The lowest BCUT2D eigenvalue weighted by Gasteiger charge is -2.23. The molecule has 1 aliphatic heterocycles. The molecule has 0 radical (unpaired) electrons. The Hall–Kier alpha value is -2.41. The second-order valence-electron chi connectivity index (χ2n) is 6.57. The zero-order valence-electron chi connectivity index (χ0n) is 15.5. The number of carbonyl (C=O) groups is 1. The molecule has 0 unspecified atom stereocenters. The lowest BCUT2D eigenvalue weighted by molar-refractivity contribution is 0.0718. The van der Waals surface area contributed by atoms with Gasteiger partial charge in [0, 0.05) is 32.3 Å². The van der Waals surface area contributed by atoms with Crippen LogP contribution in [0.1, 0.15) is 26.0 Å². The SMILES string of the molecule is CCc1nn(C)c(NC(=O)N2CCCO[C@H](C)C2)c1-c1ccc(F)cc1. The number of nitrogens with zero attached hydrogens (tertiary/aromatic N) is 3. The first-order chi connectivity index (χ1) is 12.5. The highest BCUT2D eigenvalue weighted by molar-refractivity contribution is 5.94. The molecule has 26 heavy (non-hydrogen) atoms. The van der Waals surface area contributed by atoms with Gasteiger partial charge < -0.3 is 9.64 Å². The highest BCUT2D eigenvalue weighted by atomic mass is 19.1. The van der Waals surface area contributed by atoms with Gasteiger partial charge in [-0.05, 0) is 37.5 Å². The van der Waals surface area contributed by atoms with Crippen molar-refractivity contribution < 1.29 is 13.9 Å². The molecule has 2 heterocycles. The highest BCUT2D eigenvalue weighted by Crippen LogP contribution is 2.32. The molecule has 2 amide bonds. The molecule has 1 N–H and O–H groups in total. The fraction of sp³-hybridized carbons (Fsp3) is 0.474. The van der Waals surface area contributed by atoms with Gasteiger partial charge >= 0.3 is 6.03 Å². The zero-order valence-corrected chi connectivity index (χ0v) is 15.5. The van der Waals surface area contributed by atoms with E-state index in [1.807, 2.05) is 13.8 Å². The van der Waals surface area contributed by atoms with E-state index >= 15 is 0 Å². The second kappa shape index (κ2) is 7.86. The first-order valence-electron chi connectivity index (χ1n) is 8.99. The smallest absolute Gasteiger partial charge is 0.323 e. The zero-order chi connectivity index (χ0) is 18.7. The predicted molar refractivity (Wildman–Crippen MR) is 98.6 cm³/mol. The van der Waals surface area contributed by atoms with Gasteiger partial charge in [-0.25, -0.2) is 9.18 Å². The van der Waals surface area contributed by atoms with E-state index < -0.39 is 0 Å². The molecule has 1 aromatic carbocycles. The van der Waals surface area contributed by atoms with E-state index in [0.717, 1.165) is 23.2 Å². The maximum atomic E-state index is 13.3. The van der Waals surface area contributed by atoms with E-state index in [1.165, 1.54) is 12.1 Å². The molecule has 1 aliphatic rings. The van der Waals surface area contributed by atoms with Crippen LogP contribution in [0.25, 0.3) is 11.1 Å². The third-order valence-electron chi connectivity index (χ3n) is 4.55. The summed E-state index contributed by atoms with van der Waals surface area (Å²) in [4.78, 5) is 14.6. The average Bonchev–Trinajstić information content (AvgIpc) is 2.79. The van der Waals surface area contributed by atoms with Crippen LogP contribution in [0.5, 0.6) is 0 Å². The maximum Gasteiger partial charge on any atom is 0.323 e. The van der Waals surface area contributed by atoms with Gasteiger partial charge in [0.05, 0.1) is 11.8 Å². The lowest BCUT2D eigenvalue weighted by atomic mass is 10.0. The number of rotatable bonds is 3. The Morgan fingerprint density at radius 3 is 2.81 bits per heavy atom. The van der Waals surface area contributed by atoms with Gasteiger partial charge in [0.15, 0.2) is 0 Å². The van der Waals surface area contributed by atoms with Gasteiger partial charge in [0.1, 0.15) is 11.6 Å². The van der Waals surface area contributed by atoms with Crippen molar-refractivity contribution in [1.82, 2.24) is 14.7 Å². The lowest BCUT2D eigenvalue weighted by Crippen LogP contribution is -2.39. The van der Waals surface area contributed by atoms with Crippen molar-refractivity contribution in [1.29, 1.82) is 0 Å². The molecule has 1 aromatic heterocycles. The summed E-state index contributed by atoms with van der Waals surface area (Å²) < 4.78 is 20.6. The quantitative estimate of drug-likeness (QED) is 0.912. The van der Waals surface area contributed by atoms with E-state index in [9.17, 15) is 9.18 Å². The van der Waals surface area contributed by atoms with Crippen LogP contribution in [0.4, 0.5) is 15.0 Å². The number of ether oxygens (including phenoxy) is 1. The Labute approximate surface area is 152 Å². The summed E-state index contributed by atoms with van der Waals surface area (Å²) in [6.07, 6.45) is 1.54. The molecule has 2 aromatic rings. The predicted octanol–water partition coefficient (Wildman–Crippen LogP) is 3.43. The van der Waals surface area contributed by atoms with Crippen molar-refractivity contribution in [3.63, 3.8) is 0 Å². The van der Waals surface area contributed by atoms with Gasteiger partial charge in [0.25, 0.3) is 0 Å². The normalized spacial score (nSPS) is 17.8. The number of hydrogen-bond donors (Lipinski definition) is 1. The van der Waals surface area contributed by atoms with Crippen LogP contribution in [0.2, 0.25) is 0 Å². The molecule has 1 fully saturated rings. The number of aromatic nitrogens is 2. The van der Waals surface area contributed by atoms with Crippen molar-refractivity contribution in [2.24, 2.45) is 7.05 Å². The minimum atomic E-state index is -0.292. The molecule has 0 bridgehead atoms. The molecular weight excluding hydrogens is 335 g/mol. The molecule has 0 spiro atoms. The van der Waals surface area contributed by atoms with Crippen molar-refractivity contribution in [2.45, 2.75) is 32.8 Å². The summed E-state index contributed by atoms with van der Waals surface area (Å²) in [5.74, 6) is 0.330. The minimum Gasteiger partial charge on any atom is -0.377 e. The van der Waals surface area contributed by atoms with E-state index in [2.05, 4.69) is 10.4 Å². The summed E-state index contributed by atoms with van der Waals surface area (Å²) in [6.45, 7) is 5.85. The summed E-state index contributed by atoms with van der Waals surface area (Å²) in [5.41, 5.74) is 2.53. The second-order valence-corrected chi connectivity index (χ2v) is 6.57. The summed E-state index contributed by atoms with van der Waals surface area (Å²) >= 11 is 0. The Kier molecular flexibility index (Phi) is 5.56. The van der Waals surface area contributed by atoms with Gasteiger partial charge in [-0.3, -0.25) is 10.00 Å². The first-order valence-corrected chi connectivity index (χ1v) is 8.99. The Morgan fingerprint density at radius 2 is 2.12 bits per heavy atom. The molecule has 0 saturated carbocycles. The molecule has 3 rings (SSSR count). The fourth-order valence-corrected chi connectivity index (χ4v) is 3.25. The number of halogens is 1. The van der Waals surface area contributed by atoms with E-state index in [0.29, 0.717) is 31.9 Å². The number of benzene rings is 1. The van der Waals surface area contributed by atoms with Crippen LogP contribution >= 0.6 is 0 Å². The Bertz CT molecular complexity index is 773. The van der Waals surface area contributed by atoms with Crippen molar-refractivity contribution >= 4 is 11.8 Å². The third-order valence-corrected chi connectivity index (χ3v) is 4.55. The van der Waals surface area contributed by atoms with Crippen LogP contribution < -0.4 is 5.32 Å². The van der Waals surface area contributed by atoms with Crippen molar-refractivity contribution in [2.75, 3.05) is 25.0 Å². The monoisotopic (exact) mass is 360 g/mol. The number of nitrogens with one attached hydrogen (secondary N) is 1. The molecule has 7 heteroatoms. The van der Waals surface area contributed by atoms with Crippen LogP contribution in [0.3, 0.4) is 0 Å². The molecular formula is C19H25FN4O2. The van der Waals surface area contributed by atoms with Crippen LogP contribution in [-0.2, 0) is 18.2 Å².